The van der Waals surface area contributed by atoms with Crippen molar-refractivity contribution in [1.29, 1.82) is 0 Å². The van der Waals surface area contributed by atoms with Gasteiger partial charge < -0.3 is 14.4 Å². The SMILES string of the molecule is COc1cc(OCC(=O)N(C)C)ccc1[N+](=O)[O-]. The van der Waals surface area contributed by atoms with Crippen molar-refractivity contribution in [1.82, 2.24) is 4.90 Å². The highest BCUT2D eigenvalue weighted by atomic mass is 16.6. The maximum Gasteiger partial charge on any atom is 0.311 e. The van der Waals surface area contributed by atoms with Gasteiger partial charge in [-0.2, -0.15) is 0 Å². The number of rotatable bonds is 5. The molecule has 18 heavy (non-hydrogen) atoms. The van der Waals surface area contributed by atoms with E-state index >= 15 is 0 Å². The van der Waals surface area contributed by atoms with E-state index < -0.39 is 4.92 Å². The Morgan fingerprint density at radius 1 is 1.44 bits per heavy atom. The van der Waals surface area contributed by atoms with Crippen LogP contribution < -0.4 is 9.47 Å². The summed E-state index contributed by atoms with van der Waals surface area (Å²) < 4.78 is 10.1. The zero-order chi connectivity index (χ0) is 13.7. The van der Waals surface area contributed by atoms with Gasteiger partial charge in [0.15, 0.2) is 6.61 Å². The minimum atomic E-state index is -0.548. The Labute approximate surface area is 104 Å². The predicted molar refractivity (Wildman–Crippen MR) is 63.8 cm³/mol. The van der Waals surface area contributed by atoms with Crippen LogP contribution in [-0.4, -0.2) is 43.5 Å². The van der Waals surface area contributed by atoms with Gasteiger partial charge in [0, 0.05) is 26.2 Å². The molecule has 0 heterocycles. The fourth-order valence-corrected chi connectivity index (χ4v) is 1.17. The van der Waals surface area contributed by atoms with Gasteiger partial charge in [-0.05, 0) is 6.07 Å². The lowest BCUT2D eigenvalue weighted by atomic mass is 10.3. The molecule has 7 nitrogen and oxygen atoms in total. The first-order valence-electron chi connectivity index (χ1n) is 5.11. The Morgan fingerprint density at radius 2 is 2.11 bits per heavy atom. The number of methoxy groups -OCH3 is 1. The van der Waals surface area contributed by atoms with Crippen LogP contribution in [0.2, 0.25) is 0 Å². The smallest absolute Gasteiger partial charge is 0.311 e. The average Bonchev–Trinajstić information content (AvgIpc) is 2.34. The molecule has 0 radical (unpaired) electrons. The summed E-state index contributed by atoms with van der Waals surface area (Å²) in [7, 11) is 4.56. The summed E-state index contributed by atoms with van der Waals surface area (Å²) in [5.41, 5.74) is -0.149. The van der Waals surface area contributed by atoms with E-state index in [4.69, 9.17) is 9.47 Å². The molecule has 0 aliphatic heterocycles. The molecule has 1 aromatic carbocycles. The fraction of sp³-hybridized carbons (Fsp3) is 0.364. The number of likely N-dealkylation sites (N-methyl/N-ethyl adjacent to an activating group) is 1. The third kappa shape index (κ3) is 3.34. The summed E-state index contributed by atoms with van der Waals surface area (Å²) in [6.45, 7) is -0.131. The highest BCUT2D eigenvalue weighted by molar-refractivity contribution is 5.77. The second-order valence-electron chi connectivity index (χ2n) is 3.67. The molecule has 1 aromatic rings. The first-order chi connectivity index (χ1) is 8.45. The zero-order valence-corrected chi connectivity index (χ0v) is 10.4. The number of hydrogen-bond acceptors (Lipinski definition) is 5. The van der Waals surface area contributed by atoms with Gasteiger partial charge in [0.25, 0.3) is 5.91 Å². The lowest BCUT2D eigenvalue weighted by Gasteiger charge is -2.11. The second-order valence-corrected chi connectivity index (χ2v) is 3.67. The van der Waals surface area contributed by atoms with Crippen molar-refractivity contribution in [3.8, 4) is 11.5 Å². The van der Waals surface area contributed by atoms with Gasteiger partial charge in [-0.25, -0.2) is 0 Å². The molecule has 1 rings (SSSR count). The molecule has 7 heteroatoms. The quantitative estimate of drug-likeness (QED) is 0.580. The van der Waals surface area contributed by atoms with E-state index in [1.54, 1.807) is 14.1 Å². The number of nitrogens with zero attached hydrogens (tertiary/aromatic N) is 2. The van der Waals surface area contributed by atoms with Crippen molar-refractivity contribution >= 4 is 11.6 Å². The number of hydrogen-bond donors (Lipinski definition) is 0. The Hall–Kier alpha value is -2.31. The van der Waals surface area contributed by atoms with Gasteiger partial charge in [-0.1, -0.05) is 0 Å². The standard InChI is InChI=1S/C11H14N2O5/c1-12(2)11(14)7-18-8-4-5-9(13(15)16)10(6-8)17-3/h4-6H,7H2,1-3H3. The lowest BCUT2D eigenvalue weighted by molar-refractivity contribution is -0.385. The summed E-state index contributed by atoms with van der Waals surface area (Å²) in [5, 5.41) is 10.7. The average molecular weight is 254 g/mol. The van der Waals surface area contributed by atoms with Crippen LogP contribution in [0.4, 0.5) is 5.69 Å². The summed E-state index contributed by atoms with van der Waals surface area (Å²) in [5.74, 6) is 0.231. The molecule has 0 aliphatic rings. The Bertz CT molecular complexity index is 459. The maximum absolute atomic E-state index is 11.3. The summed E-state index contributed by atoms with van der Waals surface area (Å²) >= 11 is 0. The molecule has 0 fully saturated rings. The number of nitro groups is 1. The van der Waals surface area contributed by atoms with E-state index in [0.717, 1.165) is 0 Å². The maximum atomic E-state index is 11.3. The zero-order valence-electron chi connectivity index (χ0n) is 10.4. The highest BCUT2D eigenvalue weighted by Gasteiger charge is 2.15. The predicted octanol–water partition coefficient (Wildman–Crippen LogP) is 1.07. The lowest BCUT2D eigenvalue weighted by Crippen LogP contribution is -2.27. The Balaban J connectivity index is 2.80. The minimum Gasteiger partial charge on any atom is -0.490 e. The molecule has 0 saturated carbocycles. The van der Waals surface area contributed by atoms with E-state index in [9.17, 15) is 14.9 Å². The van der Waals surface area contributed by atoms with Gasteiger partial charge in [0.2, 0.25) is 5.75 Å². The second kappa shape index (κ2) is 5.85. The van der Waals surface area contributed by atoms with Crippen molar-refractivity contribution in [2.24, 2.45) is 0 Å². The van der Waals surface area contributed by atoms with Crippen LogP contribution in [0.15, 0.2) is 18.2 Å². The molecule has 98 valence electrons. The Morgan fingerprint density at radius 3 is 2.61 bits per heavy atom. The van der Waals surface area contributed by atoms with Crippen molar-refractivity contribution in [2.45, 2.75) is 0 Å². The molecule has 0 unspecified atom stereocenters. The van der Waals surface area contributed by atoms with Gasteiger partial charge in [0.05, 0.1) is 12.0 Å². The third-order valence-electron chi connectivity index (χ3n) is 2.21. The monoisotopic (exact) mass is 254 g/mol. The molecule has 0 N–H and O–H groups in total. The van der Waals surface area contributed by atoms with E-state index in [2.05, 4.69) is 0 Å². The van der Waals surface area contributed by atoms with E-state index in [0.29, 0.717) is 5.75 Å². The van der Waals surface area contributed by atoms with Crippen molar-refractivity contribution in [2.75, 3.05) is 27.8 Å². The van der Waals surface area contributed by atoms with E-state index in [1.807, 2.05) is 0 Å². The largest absolute Gasteiger partial charge is 0.490 e. The van der Waals surface area contributed by atoms with Crippen LogP contribution in [0.3, 0.4) is 0 Å². The molecular formula is C11H14N2O5. The minimum absolute atomic E-state index is 0.0924. The highest BCUT2D eigenvalue weighted by Crippen LogP contribution is 2.30. The normalized spacial score (nSPS) is 9.72. The first kappa shape index (κ1) is 13.8. The number of carbonyl (C=O) groups excluding carboxylic acids is 1. The third-order valence-corrected chi connectivity index (χ3v) is 2.21. The first-order valence-corrected chi connectivity index (χ1v) is 5.11. The van der Waals surface area contributed by atoms with Gasteiger partial charge in [-0.3, -0.25) is 14.9 Å². The molecule has 0 aliphatic carbocycles. The van der Waals surface area contributed by atoms with Crippen LogP contribution in [-0.2, 0) is 4.79 Å². The number of nitro benzene ring substituents is 1. The van der Waals surface area contributed by atoms with Crippen molar-refractivity contribution in [3.05, 3.63) is 28.3 Å². The van der Waals surface area contributed by atoms with Gasteiger partial charge in [0.1, 0.15) is 5.75 Å². The molecule has 0 spiro atoms. The Kier molecular flexibility index (Phi) is 4.47. The number of benzene rings is 1. The van der Waals surface area contributed by atoms with Gasteiger partial charge >= 0.3 is 5.69 Å². The fourth-order valence-electron chi connectivity index (χ4n) is 1.17. The van der Waals surface area contributed by atoms with Crippen LogP contribution in [0.5, 0.6) is 11.5 Å². The van der Waals surface area contributed by atoms with Crippen LogP contribution in [0.1, 0.15) is 0 Å². The molecule has 1 amide bonds. The van der Waals surface area contributed by atoms with Crippen LogP contribution in [0.25, 0.3) is 0 Å². The topological polar surface area (TPSA) is 81.9 Å². The van der Waals surface area contributed by atoms with Crippen molar-refractivity contribution in [3.63, 3.8) is 0 Å². The van der Waals surface area contributed by atoms with Crippen LogP contribution in [0, 0.1) is 10.1 Å². The van der Waals surface area contributed by atoms with Crippen LogP contribution >= 0.6 is 0 Å². The molecule has 0 saturated heterocycles. The number of amides is 1. The molecule has 0 bridgehead atoms. The molecule has 0 aromatic heterocycles. The van der Waals surface area contributed by atoms with E-state index in [-0.39, 0.29) is 24.0 Å². The van der Waals surface area contributed by atoms with Gasteiger partial charge in [-0.15, -0.1) is 0 Å². The summed E-state index contributed by atoms with van der Waals surface area (Å²) in [4.78, 5) is 22.8. The summed E-state index contributed by atoms with van der Waals surface area (Å²) in [6, 6.07) is 4.07. The van der Waals surface area contributed by atoms with Crippen molar-refractivity contribution < 1.29 is 19.2 Å². The number of carbonyl (C=O) groups is 1. The molecular weight excluding hydrogens is 240 g/mol. The van der Waals surface area contributed by atoms with E-state index in [1.165, 1.54) is 30.2 Å². The summed E-state index contributed by atoms with van der Waals surface area (Å²) in [6.07, 6.45) is 0. The number of ether oxygens (including phenoxy) is 2. The molecule has 0 atom stereocenters.